The Labute approximate surface area is 143 Å². The van der Waals surface area contributed by atoms with Gasteiger partial charge in [-0.2, -0.15) is 0 Å². The lowest BCUT2D eigenvalue weighted by Crippen LogP contribution is -2.38. The van der Waals surface area contributed by atoms with Crippen molar-refractivity contribution in [1.82, 2.24) is 0 Å². The van der Waals surface area contributed by atoms with Crippen molar-refractivity contribution in [1.29, 1.82) is 0 Å². The van der Waals surface area contributed by atoms with E-state index >= 15 is 0 Å². The third-order valence-corrected chi connectivity index (χ3v) is 3.82. The molecule has 2 aromatic carbocycles. The van der Waals surface area contributed by atoms with Gasteiger partial charge in [0.1, 0.15) is 5.75 Å². The van der Waals surface area contributed by atoms with Gasteiger partial charge in [-0.25, -0.2) is 0 Å². The molecular weight excluding hydrogens is 326 g/mol. The van der Waals surface area contributed by atoms with Gasteiger partial charge in [-0.15, -0.1) is 0 Å². The Bertz CT molecular complexity index is 848. The quantitative estimate of drug-likeness (QED) is 0.680. The van der Waals surface area contributed by atoms with Crippen LogP contribution in [0.3, 0.4) is 0 Å². The monoisotopic (exact) mass is 341 g/mol. The highest BCUT2D eigenvalue weighted by Gasteiger charge is 2.24. The number of carbonyl (C=O) groups is 2. The molecule has 1 heterocycles. The highest BCUT2D eigenvalue weighted by atomic mass is 16.6. The number of anilines is 2. The number of rotatable bonds is 4. The molecule has 0 bridgehead atoms. The first-order valence-electron chi connectivity index (χ1n) is 7.62. The van der Waals surface area contributed by atoms with Gasteiger partial charge >= 0.3 is 0 Å². The Kier molecular flexibility index (Phi) is 4.34. The maximum absolute atomic E-state index is 12.2. The summed E-state index contributed by atoms with van der Waals surface area (Å²) >= 11 is 0. The molecule has 0 atom stereocenters. The zero-order valence-corrected chi connectivity index (χ0v) is 13.4. The molecule has 25 heavy (non-hydrogen) atoms. The number of nitrogens with one attached hydrogen (secondary N) is 1. The Morgan fingerprint density at radius 3 is 2.64 bits per heavy atom. The van der Waals surface area contributed by atoms with Crippen molar-refractivity contribution < 1.29 is 19.2 Å². The van der Waals surface area contributed by atoms with E-state index in [2.05, 4.69) is 5.32 Å². The minimum Gasteiger partial charge on any atom is -0.481 e. The summed E-state index contributed by atoms with van der Waals surface area (Å²) in [5.41, 5.74) is 1.39. The molecule has 1 aliphatic heterocycles. The van der Waals surface area contributed by atoms with Crippen LogP contribution in [0.25, 0.3) is 0 Å². The number of non-ortho nitro benzene ring substituents is 1. The van der Waals surface area contributed by atoms with Crippen LogP contribution in [-0.2, 0) is 4.79 Å². The summed E-state index contributed by atoms with van der Waals surface area (Å²) in [4.78, 5) is 35.8. The smallest absolute Gasteiger partial charge is 0.269 e. The van der Waals surface area contributed by atoms with Crippen LogP contribution in [0.15, 0.2) is 42.5 Å². The Hall–Kier alpha value is -3.42. The average Bonchev–Trinajstić information content (AvgIpc) is 2.61. The molecule has 0 aliphatic carbocycles. The topological polar surface area (TPSA) is 102 Å². The van der Waals surface area contributed by atoms with Crippen molar-refractivity contribution in [3.05, 3.63) is 58.1 Å². The van der Waals surface area contributed by atoms with Crippen molar-refractivity contribution >= 4 is 28.9 Å². The predicted octanol–water partition coefficient (Wildman–Crippen LogP) is 2.59. The molecule has 0 radical (unpaired) electrons. The number of nitro groups is 1. The number of fused-ring (bicyclic) bond motifs is 1. The van der Waals surface area contributed by atoms with Gasteiger partial charge in [-0.1, -0.05) is 0 Å². The van der Waals surface area contributed by atoms with Crippen molar-refractivity contribution in [2.45, 2.75) is 6.92 Å². The van der Waals surface area contributed by atoms with E-state index in [4.69, 9.17) is 4.74 Å². The summed E-state index contributed by atoms with van der Waals surface area (Å²) in [5.74, 6) is 0.00898. The second kappa shape index (κ2) is 6.60. The molecule has 0 fully saturated rings. The summed E-state index contributed by atoms with van der Waals surface area (Å²) < 4.78 is 5.42. The van der Waals surface area contributed by atoms with E-state index in [9.17, 15) is 19.7 Å². The Balaban J connectivity index is 1.78. The van der Waals surface area contributed by atoms with E-state index in [1.54, 1.807) is 23.1 Å². The van der Waals surface area contributed by atoms with Crippen LogP contribution in [0.1, 0.15) is 17.3 Å². The van der Waals surface area contributed by atoms with E-state index < -0.39 is 10.8 Å². The van der Waals surface area contributed by atoms with Gasteiger partial charge in [-0.05, 0) is 31.2 Å². The van der Waals surface area contributed by atoms with Gasteiger partial charge in [0.2, 0.25) is 0 Å². The molecule has 0 unspecified atom stereocenters. The first-order chi connectivity index (χ1) is 12.0. The zero-order chi connectivity index (χ0) is 18.0. The first kappa shape index (κ1) is 16.4. The van der Waals surface area contributed by atoms with Gasteiger partial charge in [0, 0.05) is 36.0 Å². The van der Waals surface area contributed by atoms with Crippen LogP contribution in [0.4, 0.5) is 17.1 Å². The summed E-state index contributed by atoms with van der Waals surface area (Å²) in [7, 11) is 0. The van der Waals surface area contributed by atoms with E-state index in [1.165, 1.54) is 24.3 Å². The fourth-order valence-corrected chi connectivity index (χ4v) is 2.57. The van der Waals surface area contributed by atoms with E-state index in [-0.39, 0.29) is 18.2 Å². The SMILES string of the molecule is CCN1C(=O)COc2cc(NC(=O)c3ccc([N+](=O)[O-])cc3)ccc21. The fourth-order valence-electron chi connectivity index (χ4n) is 2.57. The minimum atomic E-state index is -0.525. The number of carbonyl (C=O) groups excluding carboxylic acids is 2. The lowest BCUT2D eigenvalue weighted by molar-refractivity contribution is -0.384. The standard InChI is InChI=1S/C17H15N3O5/c1-2-19-14-8-5-12(9-15(14)25-10-16(19)21)18-17(22)11-3-6-13(7-4-11)20(23)24/h3-9H,2,10H2,1H3,(H,18,22). The maximum atomic E-state index is 12.2. The van der Waals surface area contributed by atoms with Crippen molar-refractivity contribution in [3.63, 3.8) is 0 Å². The molecular formula is C17H15N3O5. The molecule has 8 nitrogen and oxygen atoms in total. The van der Waals surface area contributed by atoms with Gasteiger partial charge in [0.15, 0.2) is 6.61 Å². The molecule has 2 amide bonds. The number of hydrogen-bond acceptors (Lipinski definition) is 5. The van der Waals surface area contributed by atoms with Crippen molar-refractivity contribution in [2.75, 3.05) is 23.4 Å². The summed E-state index contributed by atoms with van der Waals surface area (Å²) in [5, 5.41) is 13.4. The highest BCUT2D eigenvalue weighted by molar-refractivity contribution is 6.05. The summed E-state index contributed by atoms with van der Waals surface area (Å²) in [6.45, 7) is 2.36. The Morgan fingerprint density at radius 2 is 2.00 bits per heavy atom. The van der Waals surface area contributed by atoms with Gasteiger partial charge in [0.25, 0.3) is 17.5 Å². The van der Waals surface area contributed by atoms with Gasteiger partial charge < -0.3 is 15.0 Å². The molecule has 1 aliphatic rings. The second-order valence-electron chi connectivity index (χ2n) is 5.37. The number of nitro benzene ring substituents is 1. The minimum absolute atomic E-state index is 0.0411. The largest absolute Gasteiger partial charge is 0.481 e. The third-order valence-electron chi connectivity index (χ3n) is 3.82. The van der Waals surface area contributed by atoms with Crippen LogP contribution < -0.4 is 15.0 Å². The van der Waals surface area contributed by atoms with Crippen LogP contribution in [0.5, 0.6) is 5.75 Å². The van der Waals surface area contributed by atoms with Gasteiger partial charge in [0.05, 0.1) is 10.6 Å². The molecule has 0 saturated heterocycles. The molecule has 8 heteroatoms. The Morgan fingerprint density at radius 1 is 1.28 bits per heavy atom. The molecule has 1 N–H and O–H groups in total. The molecule has 2 aromatic rings. The number of amides is 2. The number of likely N-dealkylation sites (N-methyl/N-ethyl adjacent to an activating group) is 1. The molecule has 3 rings (SSSR count). The van der Waals surface area contributed by atoms with E-state index in [1.807, 2.05) is 6.92 Å². The predicted molar refractivity (Wildman–Crippen MR) is 91.0 cm³/mol. The molecule has 0 saturated carbocycles. The van der Waals surface area contributed by atoms with Crippen LogP contribution in [0.2, 0.25) is 0 Å². The van der Waals surface area contributed by atoms with Crippen molar-refractivity contribution in [3.8, 4) is 5.75 Å². The fraction of sp³-hybridized carbons (Fsp3) is 0.176. The van der Waals surface area contributed by atoms with E-state index in [0.717, 1.165) is 0 Å². The number of ether oxygens (including phenoxy) is 1. The highest BCUT2D eigenvalue weighted by Crippen LogP contribution is 2.34. The number of benzene rings is 2. The zero-order valence-electron chi connectivity index (χ0n) is 13.4. The molecule has 0 aromatic heterocycles. The average molecular weight is 341 g/mol. The second-order valence-corrected chi connectivity index (χ2v) is 5.37. The molecule has 128 valence electrons. The lowest BCUT2D eigenvalue weighted by atomic mass is 10.1. The maximum Gasteiger partial charge on any atom is 0.269 e. The van der Waals surface area contributed by atoms with Crippen LogP contribution >= 0.6 is 0 Å². The van der Waals surface area contributed by atoms with E-state index in [0.29, 0.717) is 29.2 Å². The van der Waals surface area contributed by atoms with Gasteiger partial charge in [-0.3, -0.25) is 19.7 Å². The molecule has 0 spiro atoms. The van der Waals surface area contributed by atoms with Crippen LogP contribution in [-0.4, -0.2) is 29.9 Å². The van der Waals surface area contributed by atoms with Crippen LogP contribution in [0, 0.1) is 10.1 Å². The number of nitrogens with zero attached hydrogens (tertiary/aromatic N) is 2. The third kappa shape index (κ3) is 3.27. The summed E-state index contributed by atoms with van der Waals surface area (Å²) in [6, 6.07) is 10.4. The first-order valence-corrected chi connectivity index (χ1v) is 7.62. The number of hydrogen-bond donors (Lipinski definition) is 1. The normalized spacial score (nSPS) is 13.0. The van der Waals surface area contributed by atoms with Crippen molar-refractivity contribution in [2.24, 2.45) is 0 Å². The lowest BCUT2D eigenvalue weighted by Gasteiger charge is -2.28. The summed E-state index contributed by atoms with van der Waals surface area (Å²) in [6.07, 6.45) is 0.